The summed E-state index contributed by atoms with van der Waals surface area (Å²) in [4.78, 5) is 18.8. The van der Waals surface area contributed by atoms with Crippen LogP contribution in [0.2, 0.25) is 0 Å². The van der Waals surface area contributed by atoms with Crippen molar-refractivity contribution in [3.8, 4) is 0 Å². The molecule has 1 unspecified atom stereocenters. The highest BCUT2D eigenvalue weighted by atomic mass is 16.1. The first-order chi connectivity index (χ1) is 8.63. The summed E-state index contributed by atoms with van der Waals surface area (Å²) >= 11 is 0. The van der Waals surface area contributed by atoms with Gasteiger partial charge in [-0.25, -0.2) is 4.98 Å². The van der Waals surface area contributed by atoms with Crippen LogP contribution in [0.4, 0.5) is 5.82 Å². The zero-order valence-corrected chi connectivity index (χ0v) is 10.4. The lowest BCUT2D eigenvalue weighted by atomic mass is 9.95. The Bertz CT molecular complexity index is 629. The molecule has 3 N–H and O–H groups in total. The van der Waals surface area contributed by atoms with Gasteiger partial charge < -0.3 is 10.6 Å². The van der Waals surface area contributed by atoms with Gasteiger partial charge in [0.05, 0.1) is 5.69 Å². The Hall–Kier alpha value is -1.82. The van der Waals surface area contributed by atoms with Crippen molar-refractivity contribution in [3.63, 3.8) is 0 Å². The maximum absolute atomic E-state index is 12.0. The number of nitrogen functional groups attached to an aromatic ring is 1. The monoisotopic (exact) mass is 247 g/mol. The lowest BCUT2D eigenvalue weighted by Gasteiger charge is -2.29. The first-order valence-corrected chi connectivity index (χ1v) is 6.20. The van der Waals surface area contributed by atoms with E-state index in [1.54, 1.807) is 12.1 Å². The van der Waals surface area contributed by atoms with E-state index in [0.29, 0.717) is 17.4 Å². The van der Waals surface area contributed by atoms with Crippen molar-refractivity contribution in [2.24, 2.45) is 0 Å². The lowest BCUT2D eigenvalue weighted by molar-refractivity contribution is 0.248. The molecule has 0 aromatic carbocycles. The van der Waals surface area contributed by atoms with Gasteiger partial charge in [-0.3, -0.25) is 9.89 Å². The molecule has 1 atom stereocenters. The molecule has 3 heterocycles. The van der Waals surface area contributed by atoms with E-state index in [1.807, 2.05) is 0 Å². The molecule has 18 heavy (non-hydrogen) atoms. The Balaban J connectivity index is 2.04. The number of aromatic amines is 1. The second kappa shape index (κ2) is 4.13. The number of likely N-dealkylation sites (tertiary alicyclic amines) is 1. The van der Waals surface area contributed by atoms with E-state index in [9.17, 15) is 4.79 Å². The first-order valence-electron chi connectivity index (χ1n) is 6.20. The van der Waals surface area contributed by atoms with Gasteiger partial charge in [0.15, 0.2) is 5.65 Å². The van der Waals surface area contributed by atoms with Crippen LogP contribution in [-0.2, 0) is 0 Å². The highest BCUT2D eigenvalue weighted by molar-refractivity contribution is 5.48. The molecule has 1 aliphatic heterocycles. The number of aromatic nitrogens is 3. The van der Waals surface area contributed by atoms with E-state index in [0.717, 1.165) is 31.6 Å². The van der Waals surface area contributed by atoms with Gasteiger partial charge in [-0.05, 0) is 26.4 Å². The molecular formula is C12H17N5O. The Morgan fingerprint density at radius 3 is 3.11 bits per heavy atom. The maximum Gasteiger partial charge on any atom is 0.272 e. The summed E-state index contributed by atoms with van der Waals surface area (Å²) in [5.41, 5.74) is 7.03. The fourth-order valence-corrected chi connectivity index (χ4v) is 2.65. The van der Waals surface area contributed by atoms with Crippen LogP contribution in [-0.4, -0.2) is 39.6 Å². The van der Waals surface area contributed by atoms with Crippen LogP contribution in [0.1, 0.15) is 24.5 Å². The molecule has 1 fully saturated rings. The van der Waals surface area contributed by atoms with Gasteiger partial charge in [-0.2, -0.15) is 4.52 Å². The molecule has 0 saturated carbocycles. The second-order valence-corrected chi connectivity index (χ2v) is 5.03. The maximum atomic E-state index is 12.0. The van der Waals surface area contributed by atoms with Crippen molar-refractivity contribution >= 4 is 11.5 Å². The Labute approximate surface area is 104 Å². The van der Waals surface area contributed by atoms with Crippen molar-refractivity contribution in [2.45, 2.75) is 18.8 Å². The van der Waals surface area contributed by atoms with E-state index >= 15 is 0 Å². The molecule has 2 aromatic rings. The molecular weight excluding hydrogens is 230 g/mol. The number of hydrogen-bond acceptors (Lipinski definition) is 4. The van der Waals surface area contributed by atoms with Gasteiger partial charge >= 0.3 is 0 Å². The highest BCUT2D eigenvalue weighted by Crippen LogP contribution is 2.24. The summed E-state index contributed by atoms with van der Waals surface area (Å²) in [6, 6.07) is 3.31. The molecule has 0 bridgehead atoms. The quantitative estimate of drug-likeness (QED) is 0.765. The molecule has 0 amide bonds. The van der Waals surface area contributed by atoms with Crippen molar-refractivity contribution in [2.75, 3.05) is 25.9 Å². The molecule has 6 nitrogen and oxygen atoms in total. The van der Waals surface area contributed by atoms with Gasteiger partial charge in [0.2, 0.25) is 0 Å². The zero-order valence-electron chi connectivity index (χ0n) is 10.4. The molecule has 0 aliphatic carbocycles. The van der Waals surface area contributed by atoms with Crippen molar-refractivity contribution in [3.05, 3.63) is 28.2 Å². The van der Waals surface area contributed by atoms with Crippen LogP contribution in [0.25, 0.3) is 5.65 Å². The largest absolute Gasteiger partial charge is 0.384 e. The number of nitrogens with zero attached hydrogens (tertiary/aromatic N) is 3. The third-order valence-corrected chi connectivity index (χ3v) is 3.53. The predicted octanol–water partition coefficient (Wildman–Crippen LogP) is 0.414. The average molecular weight is 247 g/mol. The van der Waals surface area contributed by atoms with Gasteiger partial charge in [0, 0.05) is 24.6 Å². The SMILES string of the molecule is CN1CCCC(c2cc(=O)n3[nH]c(N)cc3n2)C1. The number of likely N-dealkylation sites (N-methyl/N-ethyl adjacent to an activating group) is 1. The summed E-state index contributed by atoms with van der Waals surface area (Å²) in [5, 5.41) is 2.77. The van der Waals surface area contributed by atoms with E-state index in [-0.39, 0.29) is 5.56 Å². The van der Waals surface area contributed by atoms with Crippen LogP contribution in [0, 0.1) is 0 Å². The Morgan fingerprint density at radius 1 is 1.50 bits per heavy atom. The first kappa shape index (κ1) is 11.3. The van der Waals surface area contributed by atoms with Gasteiger partial charge in [0.1, 0.15) is 5.82 Å². The van der Waals surface area contributed by atoms with Crippen molar-refractivity contribution in [1.29, 1.82) is 0 Å². The number of anilines is 1. The molecule has 0 spiro atoms. The third kappa shape index (κ3) is 1.88. The van der Waals surface area contributed by atoms with E-state index in [1.165, 1.54) is 4.52 Å². The summed E-state index contributed by atoms with van der Waals surface area (Å²) in [6.07, 6.45) is 2.24. The molecule has 2 aromatic heterocycles. The minimum atomic E-state index is -0.0973. The summed E-state index contributed by atoms with van der Waals surface area (Å²) < 4.78 is 1.38. The molecule has 1 aliphatic rings. The minimum Gasteiger partial charge on any atom is -0.384 e. The summed E-state index contributed by atoms with van der Waals surface area (Å²) in [5.74, 6) is 0.801. The number of nitrogens with one attached hydrogen (secondary N) is 1. The molecule has 0 radical (unpaired) electrons. The third-order valence-electron chi connectivity index (χ3n) is 3.53. The van der Waals surface area contributed by atoms with Gasteiger partial charge in [-0.15, -0.1) is 0 Å². The number of hydrogen-bond donors (Lipinski definition) is 2. The smallest absolute Gasteiger partial charge is 0.272 e. The lowest BCUT2D eigenvalue weighted by Crippen LogP contribution is -2.32. The van der Waals surface area contributed by atoms with Crippen LogP contribution in [0.5, 0.6) is 0 Å². The fraction of sp³-hybridized carbons (Fsp3) is 0.500. The van der Waals surface area contributed by atoms with E-state index in [2.05, 4.69) is 22.0 Å². The minimum absolute atomic E-state index is 0.0973. The average Bonchev–Trinajstić information content (AvgIpc) is 2.70. The van der Waals surface area contributed by atoms with Crippen LogP contribution in [0.3, 0.4) is 0 Å². The zero-order chi connectivity index (χ0) is 12.7. The fourth-order valence-electron chi connectivity index (χ4n) is 2.65. The summed E-state index contributed by atoms with van der Waals surface area (Å²) in [7, 11) is 2.10. The van der Waals surface area contributed by atoms with Crippen molar-refractivity contribution in [1.82, 2.24) is 19.5 Å². The van der Waals surface area contributed by atoms with E-state index < -0.39 is 0 Å². The normalized spacial score (nSPS) is 21.5. The number of rotatable bonds is 1. The van der Waals surface area contributed by atoms with Crippen LogP contribution in [0.15, 0.2) is 16.9 Å². The van der Waals surface area contributed by atoms with Crippen molar-refractivity contribution < 1.29 is 0 Å². The second-order valence-electron chi connectivity index (χ2n) is 5.03. The topological polar surface area (TPSA) is 79.4 Å². The highest BCUT2D eigenvalue weighted by Gasteiger charge is 2.21. The number of fused-ring (bicyclic) bond motifs is 1. The molecule has 3 rings (SSSR count). The van der Waals surface area contributed by atoms with Gasteiger partial charge in [-0.1, -0.05) is 0 Å². The number of nitrogens with two attached hydrogens (primary N) is 1. The molecule has 1 saturated heterocycles. The number of piperidine rings is 1. The van der Waals surface area contributed by atoms with Crippen LogP contribution < -0.4 is 11.3 Å². The Kier molecular flexibility index (Phi) is 2.59. The molecule has 6 heteroatoms. The van der Waals surface area contributed by atoms with Gasteiger partial charge in [0.25, 0.3) is 5.56 Å². The predicted molar refractivity (Wildman–Crippen MR) is 69.7 cm³/mol. The molecule has 96 valence electrons. The van der Waals surface area contributed by atoms with Crippen LogP contribution >= 0.6 is 0 Å². The number of H-pyrrole nitrogens is 1. The summed E-state index contributed by atoms with van der Waals surface area (Å²) in [6.45, 7) is 2.08. The van der Waals surface area contributed by atoms with E-state index in [4.69, 9.17) is 5.73 Å². The standard InChI is InChI=1S/C12H17N5O/c1-16-4-2-3-8(7-16)9-5-12(18)17-11(14-9)6-10(13)15-17/h5-6,8,15H,2-4,7,13H2,1H3. The Morgan fingerprint density at radius 2 is 2.33 bits per heavy atom.